The Morgan fingerprint density at radius 2 is 0.200 bits per heavy atom. The molecule has 6 nitrogen and oxygen atoms in total. The zero-order valence-corrected chi connectivity index (χ0v) is 60.0. The van der Waals surface area contributed by atoms with Gasteiger partial charge in [0.2, 0.25) is 0 Å². The normalized spacial score (nSPS) is 11.1. The van der Waals surface area contributed by atoms with E-state index in [2.05, 4.69) is 38.0 Å². The van der Waals surface area contributed by atoms with Gasteiger partial charge in [0.05, 0.1) is 19.6 Å². The molecule has 0 spiro atoms. The lowest BCUT2D eigenvalue weighted by atomic mass is 10.0. The van der Waals surface area contributed by atoms with E-state index in [9.17, 15) is 0 Å². The lowest BCUT2D eigenvalue weighted by Gasteiger charge is -2.35. The van der Waals surface area contributed by atoms with Crippen LogP contribution in [0.25, 0.3) is 0 Å². The number of unbranched alkanes of at least 4 members (excludes halogenated alkanes) is 69. The van der Waals surface area contributed by atoms with Gasteiger partial charge in [-0.2, -0.15) is 0 Å². The van der Waals surface area contributed by atoms with Crippen molar-refractivity contribution in [3.8, 4) is 0 Å². The van der Waals surface area contributed by atoms with Gasteiger partial charge in [-0.25, -0.2) is 0 Å². The Hall–Kier alpha value is -0.175. The van der Waals surface area contributed by atoms with Crippen LogP contribution in [0, 0.1) is 0 Å². The molecule has 0 unspecified atom stereocenters. The maximum atomic E-state index is 8.42. The summed E-state index contributed by atoms with van der Waals surface area (Å²) >= 11 is 0. The number of hydrogen-bond acceptors (Lipinski definition) is 3. The van der Waals surface area contributed by atoms with Crippen molar-refractivity contribution in [3.63, 3.8) is 0 Å². The molecule has 0 aliphatic rings. The highest BCUT2D eigenvalue weighted by atomic mass is 16.5. The van der Waals surface area contributed by atoms with Gasteiger partial charge in [0.1, 0.15) is 0 Å². The smallest absolute Gasteiger partial charge is 0.0739 e. The van der Waals surface area contributed by atoms with Crippen LogP contribution in [0.1, 0.15) is 483 Å². The molecule has 0 fully saturated rings. The molecule has 0 radical (unpaired) electrons. The van der Waals surface area contributed by atoms with Crippen molar-refractivity contribution >= 4 is 7.32 Å². The van der Waals surface area contributed by atoms with Gasteiger partial charge in [0.25, 0.3) is 0 Å². The number of rotatable bonds is 72. The minimum atomic E-state index is -2.92. The summed E-state index contributed by atoms with van der Waals surface area (Å²) in [5, 5.41) is 25.2. The third kappa shape index (κ3) is 109. The van der Waals surface area contributed by atoms with Crippen LogP contribution in [0.15, 0.2) is 0 Å². The van der Waals surface area contributed by atoms with Crippen LogP contribution >= 0.6 is 0 Å². The van der Waals surface area contributed by atoms with Crippen molar-refractivity contribution in [2.24, 2.45) is 0 Å². The van der Waals surface area contributed by atoms with Gasteiger partial charge in [0, 0.05) is 0 Å². The Morgan fingerprint density at radius 1 is 0.141 bits per heavy atom. The summed E-state index contributed by atoms with van der Waals surface area (Å²) in [6.07, 6.45) is 105. The highest BCUT2D eigenvalue weighted by molar-refractivity contribution is 6.24. The second kappa shape index (κ2) is 94.9. The Kier molecular flexibility index (Phi) is 102. The van der Waals surface area contributed by atoms with E-state index >= 15 is 0 Å². The van der Waals surface area contributed by atoms with Crippen LogP contribution in [0.5, 0.6) is 0 Å². The third-order valence-corrected chi connectivity index (χ3v) is 18.3. The molecule has 516 valence electrons. The van der Waals surface area contributed by atoms with Crippen molar-refractivity contribution in [2.75, 3.05) is 19.6 Å². The monoisotopic (exact) mass is 1210 g/mol. The summed E-state index contributed by atoms with van der Waals surface area (Å²) in [5.74, 6) is 0. The van der Waals surface area contributed by atoms with Crippen LogP contribution in [0.2, 0.25) is 0 Å². The molecule has 0 aliphatic heterocycles. The van der Waals surface area contributed by atoms with Gasteiger partial charge in [-0.05, 0) is 38.5 Å². The third-order valence-electron chi connectivity index (χ3n) is 18.3. The lowest BCUT2D eigenvalue weighted by molar-refractivity contribution is -0.479. The first-order valence-electron chi connectivity index (χ1n) is 40.3. The Bertz CT molecular complexity index is 830. The highest BCUT2D eigenvalue weighted by Crippen LogP contribution is 2.20. The van der Waals surface area contributed by atoms with Crippen LogP contribution in [-0.2, 0) is 0 Å². The topological polar surface area (TPSA) is 152 Å². The lowest BCUT2D eigenvalue weighted by Crippen LogP contribution is -2.56. The molecule has 0 aromatic rings. The largest absolute Gasteiger partial charge is 0.907 e. The van der Waals surface area contributed by atoms with E-state index in [0.29, 0.717) is 0 Å². The first kappa shape index (κ1) is 91.2. The van der Waals surface area contributed by atoms with Crippen molar-refractivity contribution in [1.82, 2.24) is 0 Å². The second-order valence-electron chi connectivity index (χ2n) is 27.2. The summed E-state index contributed by atoms with van der Waals surface area (Å²) in [6.45, 7) is 10.3. The van der Waals surface area contributed by atoms with Crippen LogP contribution in [0.4, 0.5) is 0 Å². The van der Waals surface area contributed by atoms with E-state index in [1.807, 2.05) is 0 Å². The zero-order chi connectivity index (χ0) is 62.6. The summed E-state index contributed by atoms with van der Waals surface area (Å²) in [4.78, 5) is 0. The Labute approximate surface area is 539 Å². The summed E-state index contributed by atoms with van der Waals surface area (Å²) in [7, 11) is -2.92. The molecule has 0 saturated carbocycles. The minimum absolute atomic E-state index is 1.12. The highest BCUT2D eigenvalue weighted by Gasteiger charge is 2.00. The van der Waals surface area contributed by atoms with E-state index in [1.165, 1.54) is 462 Å². The fourth-order valence-corrected chi connectivity index (χ4v) is 12.4. The van der Waals surface area contributed by atoms with Gasteiger partial charge >= 0.3 is 0 Å². The van der Waals surface area contributed by atoms with Gasteiger partial charge in [-0.1, -0.05) is 445 Å². The van der Waals surface area contributed by atoms with Crippen LogP contribution < -0.4 is 32.3 Å². The average molecular weight is 1210 g/mol. The fraction of sp³-hybridized carbons (Fsp3) is 1.00. The molecule has 9 N–H and O–H groups in total. The first-order valence-corrected chi connectivity index (χ1v) is 40.3. The summed E-state index contributed by atoms with van der Waals surface area (Å²) < 4.78 is 0. The molecule has 0 aromatic heterocycles. The maximum Gasteiger partial charge on any atom is 0.0739 e. The van der Waals surface area contributed by atoms with E-state index in [-0.39, 0.29) is 0 Å². The molecule has 0 rings (SSSR count). The summed E-state index contributed by atoms with van der Waals surface area (Å²) in [5.41, 5.74) is 11.7. The van der Waals surface area contributed by atoms with Crippen LogP contribution in [-0.4, -0.2) is 27.0 Å². The molecule has 0 aliphatic carbocycles. The molecule has 0 saturated heterocycles. The van der Waals surface area contributed by atoms with E-state index in [0.717, 1.165) is 19.6 Å². The zero-order valence-electron chi connectivity index (χ0n) is 60.0. The molecular formula is C78H168BN3O3. The predicted octanol–water partition coefficient (Wildman–Crippen LogP) is 21.9. The number of hydrogen-bond donors (Lipinski definition) is 3. The Morgan fingerprint density at radius 3 is 0.259 bits per heavy atom. The van der Waals surface area contributed by atoms with Gasteiger partial charge in [-0.3, -0.25) is 7.32 Å². The van der Waals surface area contributed by atoms with Crippen molar-refractivity contribution in [2.45, 2.75) is 483 Å². The first-order chi connectivity index (χ1) is 42.0. The molecule has 0 bridgehead atoms. The second-order valence-corrected chi connectivity index (χ2v) is 27.2. The minimum Gasteiger partial charge on any atom is -0.907 e. The van der Waals surface area contributed by atoms with Crippen molar-refractivity contribution < 1.29 is 32.3 Å². The average Bonchev–Trinajstić information content (AvgIpc) is 3.50. The molecule has 0 aromatic carbocycles. The Balaban J connectivity index is -0.000000560. The van der Waals surface area contributed by atoms with E-state index in [1.54, 1.807) is 0 Å². The van der Waals surface area contributed by atoms with Crippen LogP contribution in [0.3, 0.4) is 0 Å². The van der Waals surface area contributed by atoms with E-state index in [4.69, 9.17) is 15.1 Å². The molecule has 7 heteroatoms. The number of quaternary nitrogens is 3. The molecular weight excluding hydrogens is 1040 g/mol. The predicted molar refractivity (Wildman–Crippen MR) is 378 cm³/mol. The molecule has 0 amide bonds. The van der Waals surface area contributed by atoms with Crippen molar-refractivity contribution in [1.29, 1.82) is 0 Å². The molecule has 0 heterocycles. The maximum absolute atomic E-state index is 8.42. The standard InChI is InChI=1S/3C26H55N.BO3/c3*1-2-3-4-5-6-7-8-9-10-11-12-13-14-15-16-17-18-19-20-21-22-23-24-25-26-27;2-1(3)4/h3*2-27H2,1H3;/q;;;-3/p+3. The van der Waals surface area contributed by atoms with Gasteiger partial charge < -0.3 is 32.3 Å². The molecule has 0 atom stereocenters. The quantitative estimate of drug-likeness (QED) is 0.0411. The SMILES string of the molecule is CCCCCCCCCCCCCCCCCCCCCCCCCC[NH3+].CCCCCCCCCCCCCCCCCCCCCCCCCC[NH3+].CCCCCCCCCCCCCCCCCCCCCCCCCC[NH3+].[O-]B([O-])[O-]. The summed E-state index contributed by atoms with van der Waals surface area (Å²) in [6, 6.07) is 0. The van der Waals surface area contributed by atoms with Crippen molar-refractivity contribution in [3.05, 3.63) is 0 Å². The molecule has 85 heavy (non-hydrogen) atoms. The van der Waals surface area contributed by atoms with E-state index < -0.39 is 7.32 Å². The van der Waals surface area contributed by atoms with Gasteiger partial charge in [0.15, 0.2) is 0 Å². The fourth-order valence-electron chi connectivity index (χ4n) is 12.4. The van der Waals surface area contributed by atoms with Gasteiger partial charge in [-0.15, -0.1) is 0 Å².